The zero-order valence-corrected chi connectivity index (χ0v) is 20.3. The van der Waals surface area contributed by atoms with Crippen LogP contribution in [0.4, 0.5) is 21.7 Å². The van der Waals surface area contributed by atoms with Gasteiger partial charge in [-0.25, -0.2) is 9.97 Å². The van der Waals surface area contributed by atoms with E-state index >= 15 is 0 Å². The molecule has 3 aromatic carbocycles. The highest BCUT2D eigenvalue weighted by Crippen LogP contribution is 2.30. The van der Waals surface area contributed by atoms with Gasteiger partial charge in [0.2, 0.25) is 11.9 Å². The van der Waals surface area contributed by atoms with Crippen LogP contribution in [0.3, 0.4) is 0 Å². The average molecular weight is 498 g/mol. The zero-order valence-electron chi connectivity index (χ0n) is 20.3. The van der Waals surface area contributed by atoms with E-state index in [1.165, 1.54) is 6.08 Å². The van der Waals surface area contributed by atoms with Gasteiger partial charge in [-0.15, -0.1) is 0 Å². The summed E-state index contributed by atoms with van der Waals surface area (Å²) in [5, 5.41) is 10.2. The summed E-state index contributed by atoms with van der Waals surface area (Å²) in [5.41, 5.74) is 4.12. The summed E-state index contributed by atoms with van der Waals surface area (Å²) in [4.78, 5) is 21.0. The molecule has 188 valence electrons. The second-order valence-corrected chi connectivity index (χ2v) is 8.92. The molecule has 1 aliphatic rings. The number of carbonyl (C=O) groups excluding carboxylic acids is 1. The summed E-state index contributed by atoms with van der Waals surface area (Å²) in [7, 11) is 0. The number of rotatable bonds is 8. The monoisotopic (exact) mass is 497 g/mol. The Balaban J connectivity index is 1.35. The first kappa shape index (κ1) is 24.4. The molecule has 1 amide bonds. The molecule has 0 spiro atoms. The fraction of sp³-hybridized carbons (Fsp3) is 0.207. The molecule has 37 heavy (non-hydrogen) atoms. The highest BCUT2D eigenvalue weighted by Gasteiger charge is 2.26. The van der Waals surface area contributed by atoms with Crippen molar-refractivity contribution in [2.75, 3.05) is 30.4 Å². The number of ether oxygens (including phenoxy) is 1. The number of fused-ring (bicyclic) bond motifs is 1. The van der Waals surface area contributed by atoms with Crippen LogP contribution < -0.4 is 20.7 Å². The Morgan fingerprint density at radius 1 is 1.14 bits per heavy atom. The van der Waals surface area contributed by atoms with Gasteiger partial charge in [-0.3, -0.25) is 9.18 Å². The largest absolute Gasteiger partial charge is 0.490 e. The first-order valence-corrected chi connectivity index (χ1v) is 12.2. The summed E-state index contributed by atoms with van der Waals surface area (Å²) in [6, 6.07) is 21.0. The summed E-state index contributed by atoms with van der Waals surface area (Å²) in [5.74, 6) is 0.769. The van der Waals surface area contributed by atoms with Gasteiger partial charge < -0.3 is 20.7 Å². The van der Waals surface area contributed by atoms with Crippen molar-refractivity contribution in [1.82, 2.24) is 15.3 Å². The molecule has 5 rings (SSSR count). The predicted molar refractivity (Wildman–Crippen MR) is 145 cm³/mol. The second-order valence-electron chi connectivity index (χ2n) is 8.92. The van der Waals surface area contributed by atoms with Crippen molar-refractivity contribution in [3.05, 3.63) is 85.6 Å². The van der Waals surface area contributed by atoms with E-state index in [9.17, 15) is 9.18 Å². The maximum atomic E-state index is 13.3. The standard InChI is InChI=1S/C29H28FN5O2/c1-2-27(36)33-23-7-3-5-19(15-23)25-8-4-6-20-18-32-29(35-28(20)25)34-22-9-11-24(12-10-22)37-26-13-14-31-17-21(26)16-30/h2-12,15,18,21,26,31H,1,13-14,16-17H2,(H,33,36)(H,32,34,35)/t21-,26+/m0/s1. The average Bonchev–Trinajstić information content (AvgIpc) is 2.94. The number of para-hydroxylation sites is 1. The highest BCUT2D eigenvalue weighted by molar-refractivity contribution is 6.00. The Morgan fingerprint density at radius 3 is 2.78 bits per heavy atom. The number of nitrogens with zero attached hydrogens (tertiary/aromatic N) is 2. The highest BCUT2D eigenvalue weighted by atomic mass is 19.1. The fourth-order valence-corrected chi connectivity index (χ4v) is 4.44. The Labute approximate surface area is 214 Å². The number of halogens is 1. The number of amides is 1. The minimum absolute atomic E-state index is 0.129. The first-order valence-electron chi connectivity index (χ1n) is 12.2. The lowest BCUT2D eigenvalue weighted by Gasteiger charge is -2.30. The number of hydrogen-bond donors (Lipinski definition) is 3. The molecule has 0 unspecified atom stereocenters. The summed E-state index contributed by atoms with van der Waals surface area (Å²) < 4.78 is 19.4. The van der Waals surface area contributed by atoms with E-state index in [4.69, 9.17) is 9.72 Å². The number of alkyl halides is 1. The number of benzene rings is 3. The van der Waals surface area contributed by atoms with E-state index in [0.29, 0.717) is 23.9 Å². The molecule has 1 aliphatic heterocycles. The van der Waals surface area contributed by atoms with Gasteiger partial charge in [-0.1, -0.05) is 36.9 Å². The summed E-state index contributed by atoms with van der Waals surface area (Å²) >= 11 is 0. The van der Waals surface area contributed by atoms with E-state index in [-0.39, 0.29) is 17.9 Å². The lowest BCUT2D eigenvalue weighted by atomic mass is 9.97. The molecule has 0 radical (unpaired) electrons. The number of aromatic nitrogens is 2. The number of piperidine rings is 1. The number of nitrogens with one attached hydrogen (secondary N) is 3. The van der Waals surface area contributed by atoms with Gasteiger partial charge in [0, 0.05) is 41.0 Å². The number of carbonyl (C=O) groups is 1. The van der Waals surface area contributed by atoms with Crippen LogP contribution in [0.25, 0.3) is 22.0 Å². The molecule has 3 N–H and O–H groups in total. The van der Waals surface area contributed by atoms with Crippen molar-refractivity contribution in [2.24, 2.45) is 5.92 Å². The van der Waals surface area contributed by atoms with Crippen molar-refractivity contribution in [3.63, 3.8) is 0 Å². The van der Waals surface area contributed by atoms with Gasteiger partial charge in [0.1, 0.15) is 11.9 Å². The maximum Gasteiger partial charge on any atom is 0.247 e. The molecular weight excluding hydrogens is 469 g/mol. The van der Waals surface area contributed by atoms with Crippen LogP contribution in [-0.4, -0.2) is 41.7 Å². The van der Waals surface area contributed by atoms with Crippen molar-refractivity contribution >= 4 is 34.1 Å². The Kier molecular flexibility index (Phi) is 7.37. The van der Waals surface area contributed by atoms with E-state index in [1.54, 1.807) is 6.20 Å². The number of anilines is 3. The van der Waals surface area contributed by atoms with Crippen LogP contribution in [0.1, 0.15) is 6.42 Å². The van der Waals surface area contributed by atoms with Gasteiger partial charge in [0.15, 0.2) is 0 Å². The molecule has 1 fully saturated rings. The van der Waals surface area contributed by atoms with Crippen LogP contribution >= 0.6 is 0 Å². The van der Waals surface area contributed by atoms with Gasteiger partial charge in [-0.05, 0) is 61.0 Å². The lowest BCUT2D eigenvalue weighted by molar-refractivity contribution is -0.111. The normalized spacial score (nSPS) is 17.2. The Morgan fingerprint density at radius 2 is 1.97 bits per heavy atom. The first-order chi connectivity index (χ1) is 18.1. The van der Waals surface area contributed by atoms with Crippen LogP contribution in [0.2, 0.25) is 0 Å². The van der Waals surface area contributed by atoms with Crippen molar-refractivity contribution in [1.29, 1.82) is 0 Å². The zero-order chi connectivity index (χ0) is 25.6. The van der Waals surface area contributed by atoms with E-state index in [2.05, 4.69) is 27.5 Å². The fourth-order valence-electron chi connectivity index (χ4n) is 4.44. The van der Waals surface area contributed by atoms with Gasteiger partial charge in [-0.2, -0.15) is 0 Å². The minimum Gasteiger partial charge on any atom is -0.490 e. The Hall–Kier alpha value is -4.30. The Bertz CT molecular complexity index is 1410. The second kappa shape index (κ2) is 11.2. The van der Waals surface area contributed by atoms with Crippen molar-refractivity contribution < 1.29 is 13.9 Å². The third-order valence-electron chi connectivity index (χ3n) is 6.37. The molecule has 7 nitrogen and oxygen atoms in total. The molecule has 2 atom stereocenters. The van der Waals surface area contributed by atoms with Crippen molar-refractivity contribution in [3.8, 4) is 16.9 Å². The molecule has 8 heteroatoms. The predicted octanol–water partition coefficient (Wildman–Crippen LogP) is 5.49. The third kappa shape index (κ3) is 5.76. The molecule has 4 aromatic rings. The van der Waals surface area contributed by atoms with Crippen LogP contribution in [0, 0.1) is 5.92 Å². The maximum absolute atomic E-state index is 13.3. The van der Waals surface area contributed by atoms with Crippen LogP contribution in [0.15, 0.2) is 85.6 Å². The van der Waals surface area contributed by atoms with Crippen molar-refractivity contribution in [2.45, 2.75) is 12.5 Å². The molecule has 0 saturated carbocycles. The molecule has 1 saturated heterocycles. The molecule has 0 aliphatic carbocycles. The summed E-state index contributed by atoms with van der Waals surface area (Å²) in [6.45, 7) is 4.57. The minimum atomic E-state index is -0.396. The van der Waals surface area contributed by atoms with E-state index < -0.39 is 6.67 Å². The lowest BCUT2D eigenvalue weighted by Crippen LogP contribution is -2.43. The molecule has 2 heterocycles. The molecular formula is C29H28FN5O2. The number of hydrogen-bond acceptors (Lipinski definition) is 6. The van der Waals surface area contributed by atoms with Crippen LogP contribution in [-0.2, 0) is 4.79 Å². The van der Waals surface area contributed by atoms with Crippen LogP contribution in [0.5, 0.6) is 5.75 Å². The van der Waals surface area contributed by atoms with E-state index in [0.717, 1.165) is 40.7 Å². The third-order valence-corrected chi connectivity index (χ3v) is 6.37. The van der Waals surface area contributed by atoms with Gasteiger partial charge in [0.25, 0.3) is 0 Å². The topological polar surface area (TPSA) is 88.2 Å². The summed E-state index contributed by atoms with van der Waals surface area (Å²) in [6.07, 6.45) is 3.67. The molecule has 1 aromatic heterocycles. The van der Waals surface area contributed by atoms with E-state index in [1.807, 2.05) is 66.7 Å². The van der Waals surface area contributed by atoms with Gasteiger partial charge >= 0.3 is 0 Å². The SMILES string of the molecule is C=CC(=O)Nc1cccc(-c2cccc3cnc(Nc4ccc(O[C@@H]5CCNC[C@@H]5CF)cc4)nc23)c1. The molecule has 0 bridgehead atoms. The van der Waals surface area contributed by atoms with Gasteiger partial charge in [0.05, 0.1) is 12.2 Å². The quantitative estimate of drug-likeness (QED) is 0.279. The smallest absolute Gasteiger partial charge is 0.247 e.